The zero-order valence-electron chi connectivity index (χ0n) is 12.6. The van der Waals surface area contributed by atoms with Crippen LogP contribution in [0.1, 0.15) is 20.8 Å². The highest BCUT2D eigenvalue weighted by Crippen LogP contribution is 2.03. The number of carbonyl (C=O) groups is 3. The number of morpholine rings is 1. The third-order valence-electron chi connectivity index (χ3n) is 3.26. The molecular weight excluding hydrogens is 278 g/mol. The van der Waals surface area contributed by atoms with Crippen molar-refractivity contribution in [1.29, 1.82) is 0 Å². The predicted octanol–water partition coefficient (Wildman–Crippen LogP) is -0.358. The molecule has 8 heteroatoms. The summed E-state index contributed by atoms with van der Waals surface area (Å²) < 4.78 is 5.16. The minimum absolute atomic E-state index is 0.204. The first-order valence-corrected chi connectivity index (χ1v) is 6.99. The van der Waals surface area contributed by atoms with E-state index in [0.717, 1.165) is 0 Å². The highest BCUT2D eigenvalue weighted by molar-refractivity contribution is 5.88. The van der Waals surface area contributed by atoms with Crippen molar-refractivity contribution >= 4 is 17.9 Å². The van der Waals surface area contributed by atoms with E-state index < -0.39 is 24.1 Å². The SMILES string of the molecule is CC(NC(=O)N[C@H](C(=O)O)C(C)C)C(=O)N1CCOCC1. The number of carbonyl (C=O) groups excluding carboxylic acids is 2. The number of amides is 3. The van der Waals surface area contributed by atoms with Crippen molar-refractivity contribution in [1.82, 2.24) is 15.5 Å². The summed E-state index contributed by atoms with van der Waals surface area (Å²) in [7, 11) is 0. The zero-order valence-corrected chi connectivity index (χ0v) is 12.6. The van der Waals surface area contributed by atoms with E-state index in [2.05, 4.69) is 10.6 Å². The highest BCUT2D eigenvalue weighted by atomic mass is 16.5. The van der Waals surface area contributed by atoms with Gasteiger partial charge in [-0.15, -0.1) is 0 Å². The number of carboxylic acid groups (broad SMARTS) is 1. The number of ether oxygens (including phenoxy) is 1. The second-order valence-corrected chi connectivity index (χ2v) is 5.34. The Balaban J connectivity index is 2.49. The monoisotopic (exact) mass is 301 g/mol. The van der Waals surface area contributed by atoms with Gasteiger partial charge in [0.2, 0.25) is 5.91 Å². The van der Waals surface area contributed by atoms with Gasteiger partial charge in [-0.3, -0.25) is 4.79 Å². The summed E-state index contributed by atoms with van der Waals surface area (Å²) in [5.74, 6) is -1.56. The maximum atomic E-state index is 12.1. The molecule has 0 saturated carbocycles. The first-order chi connectivity index (χ1) is 9.82. The Kier molecular flexibility index (Phi) is 6.41. The lowest BCUT2D eigenvalue weighted by molar-refractivity contribution is -0.140. The van der Waals surface area contributed by atoms with Crippen LogP contribution >= 0.6 is 0 Å². The second kappa shape index (κ2) is 7.82. The van der Waals surface area contributed by atoms with E-state index in [1.54, 1.807) is 25.7 Å². The molecule has 0 spiro atoms. The van der Waals surface area contributed by atoms with Gasteiger partial charge in [0.25, 0.3) is 0 Å². The van der Waals surface area contributed by atoms with E-state index in [0.29, 0.717) is 26.3 Å². The number of hydrogen-bond donors (Lipinski definition) is 3. The average Bonchev–Trinajstić information content (AvgIpc) is 2.44. The Morgan fingerprint density at radius 2 is 1.67 bits per heavy atom. The van der Waals surface area contributed by atoms with E-state index >= 15 is 0 Å². The van der Waals surface area contributed by atoms with Crippen molar-refractivity contribution in [2.75, 3.05) is 26.3 Å². The highest BCUT2D eigenvalue weighted by Gasteiger charge is 2.27. The van der Waals surface area contributed by atoms with Crippen LogP contribution in [0.2, 0.25) is 0 Å². The lowest BCUT2D eigenvalue weighted by atomic mass is 10.1. The fourth-order valence-electron chi connectivity index (χ4n) is 2.01. The Hall–Kier alpha value is -1.83. The van der Waals surface area contributed by atoms with Gasteiger partial charge in [0, 0.05) is 13.1 Å². The molecule has 0 aromatic rings. The molecule has 3 N–H and O–H groups in total. The molecule has 120 valence electrons. The summed E-state index contributed by atoms with van der Waals surface area (Å²) in [6, 6.07) is -2.37. The number of hydrogen-bond acceptors (Lipinski definition) is 4. The van der Waals surface area contributed by atoms with Crippen molar-refractivity contribution in [3.63, 3.8) is 0 Å². The predicted molar refractivity (Wildman–Crippen MR) is 74.8 cm³/mol. The Morgan fingerprint density at radius 3 is 2.14 bits per heavy atom. The van der Waals surface area contributed by atoms with E-state index in [9.17, 15) is 14.4 Å². The van der Waals surface area contributed by atoms with Gasteiger partial charge in [-0.2, -0.15) is 0 Å². The van der Waals surface area contributed by atoms with Gasteiger partial charge < -0.3 is 25.4 Å². The Morgan fingerprint density at radius 1 is 1.10 bits per heavy atom. The second-order valence-electron chi connectivity index (χ2n) is 5.34. The molecule has 1 aliphatic heterocycles. The third-order valence-corrected chi connectivity index (χ3v) is 3.26. The Labute approximate surface area is 123 Å². The smallest absolute Gasteiger partial charge is 0.326 e. The molecule has 0 bridgehead atoms. The zero-order chi connectivity index (χ0) is 16.0. The lowest BCUT2D eigenvalue weighted by Crippen LogP contribution is -2.55. The van der Waals surface area contributed by atoms with E-state index in [4.69, 9.17) is 9.84 Å². The minimum Gasteiger partial charge on any atom is -0.480 e. The van der Waals surface area contributed by atoms with Gasteiger partial charge in [-0.1, -0.05) is 13.8 Å². The molecule has 0 aromatic heterocycles. The van der Waals surface area contributed by atoms with Gasteiger partial charge >= 0.3 is 12.0 Å². The summed E-state index contributed by atoms with van der Waals surface area (Å²) >= 11 is 0. The van der Waals surface area contributed by atoms with Crippen LogP contribution in [-0.4, -0.2) is 66.3 Å². The molecule has 1 unspecified atom stereocenters. The molecule has 1 heterocycles. The molecule has 0 aromatic carbocycles. The van der Waals surface area contributed by atoms with E-state index in [1.807, 2.05) is 0 Å². The molecule has 1 rings (SSSR count). The molecule has 1 saturated heterocycles. The summed E-state index contributed by atoms with van der Waals surface area (Å²) in [6.07, 6.45) is 0. The van der Waals surface area contributed by atoms with Crippen molar-refractivity contribution in [2.24, 2.45) is 5.92 Å². The van der Waals surface area contributed by atoms with Crippen molar-refractivity contribution in [2.45, 2.75) is 32.9 Å². The van der Waals surface area contributed by atoms with Crippen LogP contribution in [0.4, 0.5) is 4.79 Å². The van der Waals surface area contributed by atoms with Gasteiger partial charge in [0.15, 0.2) is 0 Å². The van der Waals surface area contributed by atoms with Crippen LogP contribution in [0.3, 0.4) is 0 Å². The number of nitrogens with zero attached hydrogens (tertiary/aromatic N) is 1. The minimum atomic E-state index is -1.10. The third kappa shape index (κ3) is 5.22. The standard InChI is InChI=1S/C13H23N3O5/c1-8(2)10(12(18)19)15-13(20)14-9(3)11(17)16-4-6-21-7-5-16/h8-10H,4-7H2,1-3H3,(H,18,19)(H2,14,15,20)/t9?,10-/m0/s1. The lowest BCUT2D eigenvalue weighted by Gasteiger charge is -2.29. The van der Waals surface area contributed by atoms with Gasteiger partial charge in [0.05, 0.1) is 13.2 Å². The molecule has 1 fully saturated rings. The van der Waals surface area contributed by atoms with Crippen LogP contribution in [-0.2, 0) is 14.3 Å². The molecule has 1 aliphatic rings. The quantitative estimate of drug-likeness (QED) is 0.643. The summed E-state index contributed by atoms with van der Waals surface area (Å²) in [5, 5.41) is 13.8. The average molecular weight is 301 g/mol. The van der Waals surface area contributed by atoms with Crippen LogP contribution in [0.15, 0.2) is 0 Å². The largest absolute Gasteiger partial charge is 0.480 e. The fourth-order valence-corrected chi connectivity index (χ4v) is 2.01. The molecular formula is C13H23N3O5. The molecule has 0 aliphatic carbocycles. The van der Waals surface area contributed by atoms with Crippen LogP contribution < -0.4 is 10.6 Å². The first kappa shape index (κ1) is 17.2. The van der Waals surface area contributed by atoms with Crippen molar-refractivity contribution in [3.05, 3.63) is 0 Å². The molecule has 21 heavy (non-hydrogen) atoms. The van der Waals surface area contributed by atoms with Crippen LogP contribution in [0.5, 0.6) is 0 Å². The molecule has 2 atom stereocenters. The number of urea groups is 1. The topological polar surface area (TPSA) is 108 Å². The van der Waals surface area contributed by atoms with Gasteiger partial charge in [-0.25, -0.2) is 9.59 Å². The first-order valence-electron chi connectivity index (χ1n) is 6.99. The maximum absolute atomic E-state index is 12.1. The van der Waals surface area contributed by atoms with Crippen LogP contribution in [0, 0.1) is 5.92 Å². The summed E-state index contributed by atoms with van der Waals surface area (Å²) in [4.78, 5) is 36.5. The number of carboxylic acids is 1. The fraction of sp³-hybridized carbons (Fsp3) is 0.769. The molecule has 3 amide bonds. The van der Waals surface area contributed by atoms with Crippen LogP contribution in [0.25, 0.3) is 0 Å². The van der Waals surface area contributed by atoms with Gasteiger partial charge in [0.1, 0.15) is 12.1 Å². The maximum Gasteiger partial charge on any atom is 0.326 e. The summed E-state index contributed by atoms with van der Waals surface area (Å²) in [5.41, 5.74) is 0. The summed E-state index contributed by atoms with van der Waals surface area (Å²) in [6.45, 7) is 6.93. The Bertz CT molecular complexity index is 393. The molecule has 0 radical (unpaired) electrons. The van der Waals surface area contributed by atoms with E-state index in [-0.39, 0.29) is 11.8 Å². The number of aliphatic carboxylic acids is 1. The van der Waals surface area contributed by atoms with Crippen molar-refractivity contribution in [3.8, 4) is 0 Å². The number of rotatable bonds is 5. The van der Waals surface area contributed by atoms with Gasteiger partial charge in [-0.05, 0) is 12.8 Å². The number of nitrogens with one attached hydrogen (secondary N) is 2. The molecule has 8 nitrogen and oxygen atoms in total. The van der Waals surface area contributed by atoms with Crippen molar-refractivity contribution < 1.29 is 24.2 Å². The van der Waals surface area contributed by atoms with E-state index in [1.165, 1.54) is 0 Å². The normalized spacial score (nSPS) is 18.0.